The van der Waals surface area contributed by atoms with Crippen molar-refractivity contribution in [3.8, 4) is 5.75 Å². The second-order valence-corrected chi connectivity index (χ2v) is 7.55. The summed E-state index contributed by atoms with van der Waals surface area (Å²) in [6.45, 7) is 7.46. The number of methoxy groups -OCH3 is 1. The third-order valence-electron chi connectivity index (χ3n) is 2.95. The molecule has 1 aromatic rings. The van der Waals surface area contributed by atoms with Crippen LogP contribution in [0, 0.1) is 0 Å². The van der Waals surface area contributed by atoms with Crippen molar-refractivity contribution in [1.82, 2.24) is 0 Å². The fourth-order valence-corrected chi connectivity index (χ4v) is 2.34. The first-order valence-corrected chi connectivity index (χ1v) is 8.10. The lowest BCUT2D eigenvalue weighted by molar-refractivity contribution is 0.417. The molecule has 0 amide bonds. The molecule has 0 aliphatic heterocycles. The molecule has 0 aliphatic rings. The van der Waals surface area contributed by atoms with E-state index < -0.39 is 10.0 Å². The van der Waals surface area contributed by atoms with Crippen molar-refractivity contribution in [1.29, 1.82) is 0 Å². The van der Waals surface area contributed by atoms with E-state index in [2.05, 4.69) is 9.71 Å². The van der Waals surface area contributed by atoms with Gasteiger partial charge in [0.25, 0.3) is 0 Å². The van der Waals surface area contributed by atoms with Gasteiger partial charge in [-0.2, -0.15) is 4.99 Å². The number of nitrogens with zero attached hydrogens (tertiary/aromatic N) is 1. The molecule has 6 nitrogen and oxygen atoms in total. The standard InChI is InChI=1S/C14H20N2O4S/c1-6-21(18,19)16-12-8-10(14(2,3)4)7-11(15-9-17)13(12)20-5/h7-8,16H,6H2,1-5H3. The molecule has 0 unspecified atom stereocenters. The maximum atomic E-state index is 11.8. The summed E-state index contributed by atoms with van der Waals surface area (Å²) in [6, 6.07) is 3.38. The molecule has 1 rings (SSSR count). The highest BCUT2D eigenvalue weighted by molar-refractivity contribution is 7.92. The molecule has 1 aromatic carbocycles. The Morgan fingerprint density at radius 1 is 1.33 bits per heavy atom. The largest absolute Gasteiger partial charge is 0.492 e. The molecule has 0 bridgehead atoms. The van der Waals surface area contributed by atoms with E-state index >= 15 is 0 Å². The zero-order valence-corrected chi connectivity index (χ0v) is 13.7. The Bertz CT molecular complexity index is 669. The van der Waals surface area contributed by atoms with Gasteiger partial charge in [-0.15, -0.1) is 0 Å². The maximum Gasteiger partial charge on any atom is 0.240 e. The van der Waals surface area contributed by atoms with Crippen LogP contribution in [0.5, 0.6) is 5.75 Å². The van der Waals surface area contributed by atoms with E-state index in [0.29, 0.717) is 0 Å². The summed E-state index contributed by atoms with van der Waals surface area (Å²) in [7, 11) is -2.08. The summed E-state index contributed by atoms with van der Waals surface area (Å²) in [5.74, 6) is 0.130. The number of hydrogen-bond acceptors (Lipinski definition) is 5. The zero-order valence-electron chi connectivity index (χ0n) is 12.9. The van der Waals surface area contributed by atoms with Crippen LogP contribution >= 0.6 is 0 Å². The minimum Gasteiger partial charge on any atom is -0.492 e. The fraction of sp³-hybridized carbons (Fsp3) is 0.500. The smallest absolute Gasteiger partial charge is 0.240 e. The van der Waals surface area contributed by atoms with E-state index in [-0.39, 0.29) is 28.3 Å². The number of ether oxygens (including phenoxy) is 1. The quantitative estimate of drug-likeness (QED) is 0.669. The van der Waals surface area contributed by atoms with Gasteiger partial charge in [-0.3, -0.25) is 4.72 Å². The molecule has 0 heterocycles. The number of hydrogen-bond donors (Lipinski definition) is 1. The lowest BCUT2D eigenvalue weighted by Crippen LogP contribution is -2.17. The number of benzene rings is 1. The van der Waals surface area contributed by atoms with Crippen molar-refractivity contribution in [2.75, 3.05) is 17.6 Å². The SMILES string of the molecule is CCS(=O)(=O)Nc1cc(C(C)(C)C)cc(N=C=O)c1OC. The molecule has 21 heavy (non-hydrogen) atoms. The molecular formula is C14H20N2O4S. The van der Waals surface area contributed by atoms with E-state index in [4.69, 9.17) is 4.74 Å². The summed E-state index contributed by atoms with van der Waals surface area (Å²) in [5, 5.41) is 0. The Morgan fingerprint density at radius 2 is 1.95 bits per heavy atom. The minimum absolute atomic E-state index is 0.0673. The predicted molar refractivity (Wildman–Crippen MR) is 82.6 cm³/mol. The molecule has 0 atom stereocenters. The van der Waals surface area contributed by atoms with Crippen molar-refractivity contribution >= 4 is 27.5 Å². The topological polar surface area (TPSA) is 84.8 Å². The summed E-state index contributed by atoms with van der Waals surface area (Å²) >= 11 is 0. The summed E-state index contributed by atoms with van der Waals surface area (Å²) in [5.41, 5.74) is 1.09. The first-order valence-electron chi connectivity index (χ1n) is 6.45. The summed E-state index contributed by atoms with van der Waals surface area (Å²) in [4.78, 5) is 14.2. The van der Waals surface area contributed by atoms with Gasteiger partial charge in [0, 0.05) is 0 Å². The van der Waals surface area contributed by atoms with Crippen LogP contribution in [0.1, 0.15) is 33.3 Å². The second kappa shape index (κ2) is 6.28. The zero-order chi connectivity index (χ0) is 16.3. The molecule has 7 heteroatoms. The van der Waals surface area contributed by atoms with E-state index in [1.165, 1.54) is 20.1 Å². The third kappa shape index (κ3) is 4.31. The highest BCUT2D eigenvalue weighted by atomic mass is 32.2. The van der Waals surface area contributed by atoms with Gasteiger partial charge in [0.05, 0.1) is 18.6 Å². The van der Waals surface area contributed by atoms with Crippen LogP contribution in [-0.2, 0) is 20.2 Å². The normalized spacial score (nSPS) is 11.7. The monoisotopic (exact) mass is 312 g/mol. The lowest BCUT2D eigenvalue weighted by atomic mass is 9.86. The first-order chi connectivity index (χ1) is 9.64. The van der Waals surface area contributed by atoms with E-state index in [9.17, 15) is 13.2 Å². The molecule has 0 saturated carbocycles. The number of aliphatic imine (C=N–C) groups is 1. The van der Waals surface area contributed by atoms with Crippen LogP contribution in [0.4, 0.5) is 11.4 Å². The van der Waals surface area contributed by atoms with Gasteiger partial charge >= 0.3 is 0 Å². The van der Waals surface area contributed by atoms with Crippen LogP contribution in [-0.4, -0.2) is 27.4 Å². The van der Waals surface area contributed by atoms with Gasteiger partial charge < -0.3 is 4.74 Å². The maximum absolute atomic E-state index is 11.8. The van der Waals surface area contributed by atoms with Gasteiger partial charge in [0.2, 0.25) is 16.1 Å². The summed E-state index contributed by atoms with van der Waals surface area (Å²) in [6.07, 6.45) is 1.46. The Balaban J connectivity index is 3.59. The molecule has 0 fully saturated rings. The number of carbonyl (C=O) groups excluding carboxylic acids is 1. The third-order valence-corrected chi connectivity index (χ3v) is 4.24. The van der Waals surface area contributed by atoms with Crippen molar-refractivity contribution in [3.63, 3.8) is 0 Å². The molecule has 0 radical (unpaired) electrons. The van der Waals surface area contributed by atoms with Crippen LogP contribution < -0.4 is 9.46 Å². The molecule has 116 valence electrons. The van der Waals surface area contributed by atoms with Crippen LogP contribution in [0.3, 0.4) is 0 Å². The van der Waals surface area contributed by atoms with E-state index in [0.717, 1.165) is 5.56 Å². The highest BCUT2D eigenvalue weighted by Crippen LogP contribution is 2.40. The first kappa shape index (κ1) is 17.2. The lowest BCUT2D eigenvalue weighted by Gasteiger charge is -2.22. The average Bonchev–Trinajstić information content (AvgIpc) is 2.37. The second-order valence-electron chi connectivity index (χ2n) is 5.53. The Kier molecular flexibility index (Phi) is 5.15. The van der Waals surface area contributed by atoms with Crippen LogP contribution in [0.15, 0.2) is 17.1 Å². The van der Waals surface area contributed by atoms with Gasteiger partial charge in [-0.1, -0.05) is 20.8 Å². The molecule has 1 N–H and O–H groups in total. The van der Waals surface area contributed by atoms with Crippen molar-refractivity contribution in [3.05, 3.63) is 17.7 Å². The molecule has 0 aliphatic carbocycles. The number of isocyanates is 1. The number of anilines is 1. The van der Waals surface area contributed by atoms with Crippen LogP contribution in [0.25, 0.3) is 0 Å². The van der Waals surface area contributed by atoms with Gasteiger partial charge in [-0.25, -0.2) is 13.2 Å². The molecule has 0 aromatic heterocycles. The van der Waals surface area contributed by atoms with Crippen molar-refractivity contribution in [2.45, 2.75) is 33.1 Å². The number of nitrogens with one attached hydrogen (secondary N) is 1. The van der Waals surface area contributed by atoms with E-state index in [1.807, 2.05) is 20.8 Å². The molecular weight excluding hydrogens is 292 g/mol. The Morgan fingerprint density at radius 3 is 2.38 bits per heavy atom. The molecule has 0 saturated heterocycles. The fourth-order valence-electron chi connectivity index (χ4n) is 1.71. The molecule has 0 spiro atoms. The van der Waals surface area contributed by atoms with Crippen LogP contribution in [0.2, 0.25) is 0 Å². The Hall–Kier alpha value is -1.85. The van der Waals surface area contributed by atoms with Gasteiger partial charge in [0.1, 0.15) is 5.69 Å². The van der Waals surface area contributed by atoms with Gasteiger partial charge in [-0.05, 0) is 30.0 Å². The predicted octanol–water partition coefficient (Wildman–Crippen LogP) is 2.72. The van der Waals surface area contributed by atoms with Crippen molar-refractivity contribution < 1.29 is 17.9 Å². The summed E-state index contributed by atoms with van der Waals surface area (Å²) < 4.78 is 31.2. The minimum atomic E-state index is -3.47. The number of rotatable bonds is 5. The highest BCUT2D eigenvalue weighted by Gasteiger charge is 2.21. The van der Waals surface area contributed by atoms with Gasteiger partial charge in [0.15, 0.2) is 5.75 Å². The average molecular weight is 312 g/mol. The van der Waals surface area contributed by atoms with E-state index in [1.54, 1.807) is 12.1 Å². The number of sulfonamides is 1. The van der Waals surface area contributed by atoms with Crippen molar-refractivity contribution in [2.24, 2.45) is 4.99 Å². The Labute approximate surface area is 125 Å².